The van der Waals surface area contributed by atoms with Crippen molar-refractivity contribution in [2.75, 3.05) is 0 Å². The minimum atomic E-state index is 1.02. The molecule has 0 aromatic rings. The van der Waals surface area contributed by atoms with Gasteiger partial charge in [-0.05, 0) is 34.0 Å². The van der Waals surface area contributed by atoms with Crippen LogP contribution in [0.25, 0.3) is 0 Å². The molecule has 36 valence electrons. The van der Waals surface area contributed by atoms with E-state index in [4.69, 9.17) is 0 Å². The van der Waals surface area contributed by atoms with Crippen LogP contribution in [-0.2, 0) is 0 Å². The average Bonchev–Trinajstić information content (AvgIpc) is 1.31. The Bertz CT molecular complexity index is 40.1. The van der Waals surface area contributed by atoms with Crippen molar-refractivity contribution in [3.63, 3.8) is 0 Å². The van der Waals surface area contributed by atoms with Crippen LogP contribution in [0.1, 0.15) is 19.3 Å². The largest absolute Gasteiger partial charge is 0.0860 e. The monoisotopic (exact) mass is 214 g/mol. The molecule has 0 atom stereocenters. The van der Waals surface area contributed by atoms with Crippen LogP contribution >= 0.6 is 30.1 Å². The molecule has 1 aliphatic rings. The number of hydrogen-bond donors (Lipinski definition) is 0. The minimum Gasteiger partial charge on any atom is -0.0860 e. The van der Waals surface area contributed by atoms with Gasteiger partial charge >= 0.3 is 0 Å². The van der Waals surface area contributed by atoms with E-state index >= 15 is 0 Å². The maximum Gasteiger partial charge on any atom is 0.0148 e. The number of rotatable bonds is 1. The predicted molar refractivity (Wildman–Crippen MR) is 39.3 cm³/mol. The summed E-state index contributed by atoms with van der Waals surface area (Å²) in [7, 11) is 1.98. The fraction of sp³-hybridized carbons (Fsp3) is 1.00. The molecule has 0 radical (unpaired) electrons. The van der Waals surface area contributed by atoms with Gasteiger partial charge in [0, 0.05) is 5.25 Å². The standard InChI is InChI=1S/C4H7IS/c5-6-4-2-1-3-4/h4H,1-3H2. The Morgan fingerprint density at radius 1 is 1.50 bits per heavy atom. The van der Waals surface area contributed by atoms with E-state index in [0.29, 0.717) is 0 Å². The Hall–Kier alpha value is 1.08. The third-order valence-electron chi connectivity index (χ3n) is 1.18. The summed E-state index contributed by atoms with van der Waals surface area (Å²) >= 11 is 2.38. The normalized spacial score (nSPS) is 23.5. The molecule has 2 heteroatoms. The summed E-state index contributed by atoms with van der Waals surface area (Å²) in [5, 5.41) is 1.02. The summed E-state index contributed by atoms with van der Waals surface area (Å²) in [5.41, 5.74) is 0. The molecule has 1 fully saturated rings. The highest BCUT2D eigenvalue weighted by molar-refractivity contribution is 14.2. The maximum atomic E-state index is 2.38. The molecule has 0 spiro atoms. The quantitative estimate of drug-likeness (QED) is 0.604. The lowest BCUT2D eigenvalue weighted by atomic mass is 10.0. The van der Waals surface area contributed by atoms with Crippen LogP contribution < -0.4 is 0 Å². The average molecular weight is 214 g/mol. The molecule has 1 saturated carbocycles. The van der Waals surface area contributed by atoms with Crippen LogP contribution in [0, 0.1) is 0 Å². The van der Waals surface area contributed by atoms with Gasteiger partial charge in [-0.3, -0.25) is 0 Å². The van der Waals surface area contributed by atoms with E-state index < -0.39 is 0 Å². The summed E-state index contributed by atoms with van der Waals surface area (Å²) in [6.45, 7) is 0. The number of halogens is 1. The van der Waals surface area contributed by atoms with Crippen molar-refractivity contribution in [3.8, 4) is 0 Å². The zero-order chi connectivity index (χ0) is 4.41. The van der Waals surface area contributed by atoms with Gasteiger partial charge in [0.15, 0.2) is 0 Å². The molecule has 0 aliphatic heterocycles. The first-order valence-corrected chi connectivity index (χ1v) is 5.63. The second kappa shape index (κ2) is 2.40. The molecular weight excluding hydrogens is 207 g/mol. The van der Waals surface area contributed by atoms with Crippen molar-refractivity contribution in [3.05, 3.63) is 0 Å². The molecular formula is C4H7IS. The maximum absolute atomic E-state index is 2.38. The second-order valence-electron chi connectivity index (χ2n) is 1.64. The molecule has 0 aromatic carbocycles. The van der Waals surface area contributed by atoms with Crippen molar-refractivity contribution in [1.82, 2.24) is 0 Å². The molecule has 1 aliphatic carbocycles. The molecule has 0 bridgehead atoms. The van der Waals surface area contributed by atoms with E-state index in [1.165, 1.54) is 19.3 Å². The fourth-order valence-corrected chi connectivity index (χ4v) is 2.50. The lowest BCUT2D eigenvalue weighted by Gasteiger charge is -2.20. The van der Waals surface area contributed by atoms with Gasteiger partial charge in [-0.1, -0.05) is 15.4 Å². The zero-order valence-electron chi connectivity index (χ0n) is 3.48. The molecule has 0 nitrogen and oxygen atoms in total. The van der Waals surface area contributed by atoms with Gasteiger partial charge in [-0.15, -0.1) is 0 Å². The third kappa shape index (κ3) is 1.03. The lowest BCUT2D eigenvalue weighted by Crippen LogP contribution is -2.10. The van der Waals surface area contributed by atoms with Gasteiger partial charge in [0.1, 0.15) is 0 Å². The zero-order valence-corrected chi connectivity index (χ0v) is 6.46. The first kappa shape index (κ1) is 5.22. The van der Waals surface area contributed by atoms with Crippen molar-refractivity contribution < 1.29 is 0 Å². The fourth-order valence-electron chi connectivity index (χ4n) is 0.460. The highest BCUT2D eigenvalue weighted by Crippen LogP contribution is 2.34. The van der Waals surface area contributed by atoms with Gasteiger partial charge in [0.05, 0.1) is 0 Å². The number of hydrogen-bond acceptors (Lipinski definition) is 1. The van der Waals surface area contributed by atoms with Crippen LogP contribution in [0.4, 0.5) is 0 Å². The van der Waals surface area contributed by atoms with Crippen LogP contribution in [0.15, 0.2) is 0 Å². The van der Waals surface area contributed by atoms with Gasteiger partial charge in [-0.2, -0.15) is 0 Å². The van der Waals surface area contributed by atoms with Crippen LogP contribution in [0.5, 0.6) is 0 Å². The third-order valence-corrected chi connectivity index (χ3v) is 4.06. The van der Waals surface area contributed by atoms with Crippen LogP contribution in [0.3, 0.4) is 0 Å². The van der Waals surface area contributed by atoms with Gasteiger partial charge in [0.25, 0.3) is 0 Å². The first-order valence-electron chi connectivity index (χ1n) is 2.21. The lowest BCUT2D eigenvalue weighted by molar-refractivity contribution is 0.525. The van der Waals surface area contributed by atoms with E-state index in [-0.39, 0.29) is 0 Å². The van der Waals surface area contributed by atoms with Crippen LogP contribution in [-0.4, -0.2) is 5.25 Å². The topological polar surface area (TPSA) is 0 Å². The van der Waals surface area contributed by atoms with E-state index in [9.17, 15) is 0 Å². The van der Waals surface area contributed by atoms with E-state index in [2.05, 4.69) is 21.2 Å². The first-order chi connectivity index (χ1) is 2.93. The summed E-state index contributed by atoms with van der Waals surface area (Å²) < 4.78 is 0. The minimum absolute atomic E-state index is 1.02. The summed E-state index contributed by atoms with van der Waals surface area (Å²) in [6.07, 6.45) is 4.40. The van der Waals surface area contributed by atoms with E-state index in [0.717, 1.165) is 5.25 Å². The molecule has 1 rings (SSSR count). The highest BCUT2D eigenvalue weighted by Gasteiger charge is 2.15. The Kier molecular flexibility index (Phi) is 2.09. The highest BCUT2D eigenvalue weighted by atomic mass is 127. The molecule has 6 heavy (non-hydrogen) atoms. The van der Waals surface area contributed by atoms with E-state index in [1.807, 2.05) is 8.93 Å². The molecule has 0 heterocycles. The molecule has 0 unspecified atom stereocenters. The Morgan fingerprint density at radius 3 is 2.17 bits per heavy atom. The van der Waals surface area contributed by atoms with Crippen molar-refractivity contribution >= 4 is 30.1 Å². The smallest absolute Gasteiger partial charge is 0.0148 e. The molecule has 0 saturated heterocycles. The van der Waals surface area contributed by atoms with Crippen molar-refractivity contribution in [1.29, 1.82) is 0 Å². The second-order valence-corrected chi connectivity index (χ2v) is 4.01. The Morgan fingerprint density at radius 2 is 2.17 bits per heavy atom. The van der Waals surface area contributed by atoms with Crippen molar-refractivity contribution in [2.24, 2.45) is 0 Å². The summed E-state index contributed by atoms with van der Waals surface area (Å²) in [5.74, 6) is 0. The summed E-state index contributed by atoms with van der Waals surface area (Å²) in [6, 6.07) is 0. The SMILES string of the molecule is ISC1CCC1. The van der Waals surface area contributed by atoms with Crippen molar-refractivity contribution in [2.45, 2.75) is 24.5 Å². The van der Waals surface area contributed by atoms with Gasteiger partial charge in [0.2, 0.25) is 0 Å². The van der Waals surface area contributed by atoms with E-state index in [1.54, 1.807) is 0 Å². The predicted octanol–water partition coefficient (Wildman–Crippen LogP) is 2.62. The van der Waals surface area contributed by atoms with Crippen LogP contribution in [0.2, 0.25) is 0 Å². The Labute approximate surface area is 54.7 Å². The Balaban J connectivity index is 2.01. The molecule has 0 aromatic heterocycles. The molecule has 0 amide bonds. The molecule has 0 N–H and O–H groups in total. The van der Waals surface area contributed by atoms with Gasteiger partial charge in [-0.25, -0.2) is 0 Å². The van der Waals surface area contributed by atoms with Gasteiger partial charge < -0.3 is 0 Å². The summed E-state index contributed by atoms with van der Waals surface area (Å²) in [4.78, 5) is 0.